The number of hydrogen-bond acceptors (Lipinski definition) is 6. The van der Waals surface area contributed by atoms with Gasteiger partial charge in [-0.3, -0.25) is 9.69 Å². The maximum absolute atomic E-state index is 12.7. The van der Waals surface area contributed by atoms with Gasteiger partial charge in [0.25, 0.3) is 0 Å². The third-order valence-corrected chi connectivity index (χ3v) is 8.92. The van der Waals surface area contributed by atoms with E-state index in [0.717, 1.165) is 53.9 Å². The molecule has 3 aliphatic heterocycles. The first-order chi connectivity index (χ1) is 19.0. The van der Waals surface area contributed by atoms with Gasteiger partial charge in [-0.05, 0) is 73.0 Å². The normalized spacial score (nSPS) is 20.6. The fourth-order valence-corrected chi connectivity index (χ4v) is 6.83. The fourth-order valence-electron chi connectivity index (χ4n) is 6.83. The molecule has 3 aliphatic rings. The minimum absolute atomic E-state index is 0.147. The van der Waals surface area contributed by atoms with Gasteiger partial charge in [0.2, 0.25) is 5.91 Å². The minimum atomic E-state index is -0.362. The highest BCUT2D eigenvalue weighted by molar-refractivity contribution is 5.93. The summed E-state index contributed by atoms with van der Waals surface area (Å²) >= 11 is 0. The van der Waals surface area contributed by atoms with Crippen LogP contribution < -0.4 is 0 Å². The Morgan fingerprint density at radius 1 is 1.15 bits per heavy atom. The van der Waals surface area contributed by atoms with Gasteiger partial charge >= 0.3 is 0 Å². The lowest BCUT2D eigenvalue weighted by molar-refractivity contribution is -0.132. The standard InChI is InChI=1S/C30H36N6O3/c1-18(2)28-22-11-20(19-5-8-34(9-6-19)14-27(38)35-10-7-21(37)12-35)3-4-26(22)33-29(28)23-13-36-30(31-17-32-36)25-16-39-15-24(23)25/h3-4,11,13,17-19,21,33,37H,5-10,12,14-16H2,1-2H3/t21-/m0/s1. The zero-order valence-corrected chi connectivity index (χ0v) is 22.7. The summed E-state index contributed by atoms with van der Waals surface area (Å²) in [5, 5.41) is 15.5. The number of carbonyl (C=O) groups is 1. The summed E-state index contributed by atoms with van der Waals surface area (Å²) in [6.45, 7) is 9.14. The molecule has 39 heavy (non-hydrogen) atoms. The Hall–Kier alpha value is -3.27. The number of carbonyl (C=O) groups excluding carboxylic acids is 1. The molecule has 1 amide bonds. The van der Waals surface area contributed by atoms with Crippen molar-refractivity contribution in [2.24, 2.45) is 0 Å². The average Bonchev–Trinajstić information content (AvgIpc) is 3.73. The molecule has 0 spiro atoms. The van der Waals surface area contributed by atoms with E-state index in [0.29, 0.717) is 51.1 Å². The van der Waals surface area contributed by atoms with E-state index in [1.807, 2.05) is 9.42 Å². The number of aromatic nitrogens is 4. The number of pyridine rings is 1. The Bertz CT molecular complexity index is 1550. The lowest BCUT2D eigenvalue weighted by Gasteiger charge is -2.32. The molecule has 2 fully saturated rings. The summed E-state index contributed by atoms with van der Waals surface area (Å²) in [7, 11) is 0. The number of hydrogen-bond donors (Lipinski definition) is 2. The number of aliphatic hydroxyl groups is 1. The average molecular weight is 529 g/mol. The van der Waals surface area contributed by atoms with E-state index in [4.69, 9.17) is 4.74 Å². The fraction of sp³-hybridized carbons (Fsp3) is 0.500. The number of piperidine rings is 1. The van der Waals surface area contributed by atoms with Crippen LogP contribution in [0.3, 0.4) is 0 Å². The van der Waals surface area contributed by atoms with Gasteiger partial charge in [-0.25, -0.2) is 9.50 Å². The van der Waals surface area contributed by atoms with Gasteiger partial charge in [-0.2, -0.15) is 5.10 Å². The van der Waals surface area contributed by atoms with Crippen molar-refractivity contribution in [2.45, 2.75) is 64.3 Å². The lowest BCUT2D eigenvalue weighted by Crippen LogP contribution is -2.42. The van der Waals surface area contributed by atoms with Crippen molar-refractivity contribution in [3.05, 3.63) is 53.0 Å². The SMILES string of the molecule is CC(C)c1c(-c2cn3ncnc3c3c2COC3)[nH]c2ccc(C3CCN(CC(=O)N4CC[C@H](O)C4)CC3)cc12. The first kappa shape index (κ1) is 24.7. The Kier molecular flexibility index (Phi) is 6.17. The van der Waals surface area contributed by atoms with Crippen molar-refractivity contribution < 1.29 is 14.6 Å². The van der Waals surface area contributed by atoms with Gasteiger partial charge in [0.15, 0.2) is 5.65 Å². The van der Waals surface area contributed by atoms with E-state index in [9.17, 15) is 9.90 Å². The smallest absolute Gasteiger partial charge is 0.236 e. The van der Waals surface area contributed by atoms with Crippen LogP contribution in [0.1, 0.15) is 67.2 Å². The lowest BCUT2D eigenvalue weighted by atomic mass is 9.87. The first-order valence-electron chi connectivity index (χ1n) is 14.2. The first-order valence-corrected chi connectivity index (χ1v) is 14.2. The predicted molar refractivity (Wildman–Crippen MR) is 148 cm³/mol. The number of rotatable bonds is 5. The molecule has 2 saturated heterocycles. The highest BCUT2D eigenvalue weighted by atomic mass is 16.5. The summed E-state index contributed by atoms with van der Waals surface area (Å²) in [5.74, 6) is 0.969. The molecule has 7 rings (SSSR count). The Morgan fingerprint density at radius 2 is 1.97 bits per heavy atom. The molecule has 0 aliphatic carbocycles. The van der Waals surface area contributed by atoms with E-state index < -0.39 is 0 Å². The Morgan fingerprint density at radius 3 is 2.74 bits per heavy atom. The molecule has 0 radical (unpaired) electrons. The van der Waals surface area contributed by atoms with Crippen molar-refractivity contribution in [3.63, 3.8) is 0 Å². The van der Waals surface area contributed by atoms with E-state index in [1.165, 1.54) is 22.1 Å². The summed E-state index contributed by atoms with van der Waals surface area (Å²) < 4.78 is 7.73. The van der Waals surface area contributed by atoms with Crippen LogP contribution in [0, 0.1) is 0 Å². The molecule has 0 saturated carbocycles. The molecule has 2 N–H and O–H groups in total. The Balaban J connectivity index is 1.15. The van der Waals surface area contributed by atoms with Crippen molar-refractivity contribution in [1.29, 1.82) is 0 Å². The quantitative estimate of drug-likeness (QED) is 0.409. The van der Waals surface area contributed by atoms with E-state index in [2.05, 4.69) is 58.2 Å². The number of benzene rings is 1. The van der Waals surface area contributed by atoms with Gasteiger partial charge in [0, 0.05) is 41.3 Å². The largest absolute Gasteiger partial charge is 0.391 e. The second-order valence-corrected chi connectivity index (χ2v) is 11.7. The molecule has 6 heterocycles. The highest BCUT2D eigenvalue weighted by Crippen LogP contribution is 2.41. The third-order valence-electron chi connectivity index (χ3n) is 8.92. The number of likely N-dealkylation sites (tertiary alicyclic amines) is 2. The molecule has 0 unspecified atom stereocenters. The number of aromatic amines is 1. The third kappa shape index (κ3) is 4.33. The topological polar surface area (TPSA) is 99.0 Å². The van der Waals surface area contributed by atoms with Crippen LogP contribution in [-0.2, 0) is 22.7 Å². The number of aliphatic hydroxyl groups excluding tert-OH is 1. The van der Waals surface area contributed by atoms with Gasteiger partial charge in [-0.1, -0.05) is 19.9 Å². The van der Waals surface area contributed by atoms with Crippen LogP contribution in [0.2, 0.25) is 0 Å². The molecular formula is C30H36N6O3. The Labute approximate surface area is 227 Å². The molecular weight excluding hydrogens is 492 g/mol. The monoisotopic (exact) mass is 528 g/mol. The van der Waals surface area contributed by atoms with Crippen LogP contribution in [0.25, 0.3) is 27.8 Å². The number of amides is 1. The van der Waals surface area contributed by atoms with Crippen LogP contribution >= 0.6 is 0 Å². The molecule has 3 aromatic heterocycles. The van der Waals surface area contributed by atoms with E-state index in [-0.39, 0.29) is 12.0 Å². The summed E-state index contributed by atoms with van der Waals surface area (Å²) in [4.78, 5) is 25.0. The maximum atomic E-state index is 12.7. The van der Waals surface area contributed by atoms with Crippen LogP contribution in [-0.4, -0.2) is 79.2 Å². The van der Waals surface area contributed by atoms with Crippen molar-refractivity contribution >= 4 is 22.5 Å². The minimum Gasteiger partial charge on any atom is -0.391 e. The summed E-state index contributed by atoms with van der Waals surface area (Å²) in [6.07, 6.45) is 6.12. The molecule has 0 bridgehead atoms. The number of β-amino-alcohol motifs (C(OH)–C–C–N with tert-alkyl or cyclic N) is 1. The molecule has 1 atom stereocenters. The van der Waals surface area contributed by atoms with E-state index in [1.54, 1.807) is 6.33 Å². The molecule has 4 aromatic rings. The molecule has 9 heteroatoms. The molecule has 1 aromatic carbocycles. The van der Waals surface area contributed by atoms with Gasteiger partial charge in [0.1, 0.15) is 6.33 Å². The van der Waals surface area contributed by atoms with Crippen molar-refractivity contribution in [3.8, 4) is 11.3 Å². The number of nitrogens with zero attached hydrogens (tertiary/aromatic N) is 5. The number of ether oxygens (including phenoxy) is 1. The number of nitrogens with one attached hydrogen (secondary N) is 1. The molecule has 9 nitrogen and oxygen atoms in total. The zero-order valence-electron chi connectivity index (χ0n) is 22.7. The molecule has 204 valence electrons. The van der Waals surface area contributed by atoms with Crippen LogP contribution in [0.15, 0.2) is 30.7 Å². The van der Waals surface area contributed by atoms with Crippen molar-refractivity contribution in [1.82, 2.24) is 29.4 Å². The number of H-pyrrole nitrogens is 1. The second kappa shape index (κ2) is 9.73. The van der Waals surface area contributed by atoms with Gasteiger partial charge < -0.3 is 19.7 Å². The van der Waals surface area contributed by atoms with Crippen LogP contribution in [0.5, 0.6) is 0 Å². The highest BCUT2D eigenvalue weighted by Gasteiger charge is 2.29. The van der Waals surface area contributed by atoms with Crippen LogP contribution in [0.4, 0.5) is 0 Å². The predicted octanol–water partition coefficient (Wildman–Crippen LogP) is 3.80. The van der Waals surface area contributed by atoms with Crippen molar-refractivity contribution in [2.75, 3.05) is 32.7 Å². The van der Waals surface area contributed by atoms with E-state index >= 15 is 0 Å². The number of fused-ring (bicyclic) bond motifs is 4. The zero-order chi connectivity index (χ0) is 26.7. The summed E-state index contributed by atoms with van der Waals surface area (Å²) in [6, 6.07) is 6.91. The second-order valence-electron chi connectivity index (χ2n) is 11.7. The summed E-state index contributed by atoms with van der Waals surface area (Å²) in [5.41, 5.74) is 9.36. The van der Waals surface area contributed by atoms with Gasteiger partial charge in [-0.15, -0.1) is 0 Å². The van der Waals surface area contributed by atoms with Gasteiger partial charge in [0.05, 0.1) is 31.6 Å². The maximum Gasteiger partial charge on any atom is 0.236 e.